The van der Waals surface area contributed by atoms with E-state index in [1.54, 1.807) is 16.7 Å². The molecule has 0 aliphatic heterocycles. The summed E-state index contributed by atoms with van der Waals surface area (Å²) >= 11 is 0. The Morgan fingerprint density at radius 3 is 2.05 bits per heavy atom. The largest absolute Gasteiger partial charge is 0.0654 e. The molecule has 0 amide bonds. The first kappa shape index (κ1) is 16.1. The number of aryl methyl sites for hydroxylation is 2. The van der Waals surface area contributed by atoms with Crippen LogP contribution in [0.2, 0.25) is 0 Å². The van der Waals surface area contributed by atoms with Gasteiger partial charge in [-0.15, -0.1) is 0 Å². The van der Waals surface area contributed by atoms with Gasteiger partial charge in [0.1, 0.15) is 0 Å². The predicted molar refractivity (Wildman–Crippen MR) is 95.2 cm³/mol. The van der Waals surface area contributed by atoms with Crippen LogP contribution in [0.25, 0.3) is 10.8 Å². The first-order valence-electron chi connectivity index (χ1n) is 8.84. The zero-order valence-electron chi connectivity index (χ0n) is 14.0. The first-order valence-corrected chi connectivity index (χ1v) is 8.84. The molecule has 0 N–H and O–H groups in total. The van der Waals surface area contributed by atoms with Crippen LogP contribution in [0.4, 0.5) is 0 Å². The summed E-state index contributed by atoms with van der Waals surface area (Å²) in [6.07, 6.45) is 10.1. The second kappa shape index (κ2) is 8.22. The average Bonchev–Trinajstić information content (AvgIpc) is 2.51. The topological polar surface area (TPSA) is 0 Å². The third-order valence-corrected chi connectivity index (χ3v) is 4.45. The molecule has 0 spiro atoms. The SMILES string of the molecule is CCCCc1c(CCC)cc2ccccc2c1CCCC. The highest BCUT2D eigenvalue weighted by atomic mass is 14.2. The third-order valence-electron chi connectivity index (χ3n) is 4.45. The summed E-state index contributed by atoms with van der Waals surface area (Å²) in [7, 11) is 0. The van der Waals surface area contributed by atoms with E-state index in [9.17, 15) is 0 Å². The van der Waals surface area contributed by atoms with Gasteiger partial charge in [0.25, 0.3) is 0 Å². The van der Waals surface area contributed by atoms with E-state index in [4.69, 9.17) is 0 Å². The molecule has 0 aromatic heterocycles. The van der Waals surface area contributed by atoms with Crippen molar-refractivity contribution in [2.75, 3.05) is 0 Å². The Kier molecular flexibility index (Phi) is 6.29. The van der Waals surface area contributed by atoms with Gasteiger partial charge in [-0.3, -0.25) is 0 Å². The molecule has 0 fully saturated rings. The molecule has 0 heterocycles. The Morgan fingerprint density at radius 2 is 1.38 bits per heavy atom. The standard InChI is InChI=1S/C21H30/c1-4-7-13-19-17(11-6-3)16-18-12-9-10-15-20(18)21(19)14-8-5-2/h9-10,12,15-16H,4-8,11,13-14H2,1-3H3. The molecular formula is C21H30. The van der Waals surface area contributed by atoms with E-state index in [1.807, 2.05) is 0 Å². The molecule has 114 valence electrons. The molecular weight excluding hydrogens is 252 g/mol. The minimum absolute atomic E-state index is 1.23. The van der Waals surface area contributed by atoms with Crippen molar-refractivity contribution in [1.29, 1.82) is 0 Å². The molecule has 0 radical (unpaired) electrons. The Morgan fingerprint density at radius 1 is 0.714 bits per heavy atom. The van der Waals surface area contributed by atoms with Crippen molar-refractivity contribution in [1.82, 2.24) is 0 Å². The highest BCUT2D eigenvalue weighted by Crippen LogP contribution is 2.29. The summed E-state index contributed by atoms with van der Waals surface area (Å²) in [5, 5.41) is 2.93. The Bertz CT molecular complexity index is 566. The van der Waals surface area contributed by atoms with Gasteiger partial charge in [-0.2, -0.15) is 0 Å². The molecule has 0 bridgehead atoms. The van der Waals surface area contributed by atoms with Crippen LogP contribution in [-0.2, 0) is 19.3 Å². The maximum atomic E-state index is 2.46. The van der Waals surface area contributed by atoms with Crippen LogP contribution in [-0.4, -0.2) is 0 Å². The van der Waals surface area contributed by atoms with Gasteiger partial charge in [-0.25, -0.2) is 0 Å². The molecule has 2 aromatic rings. The van der Waals surface area contributed by atoms with Crippen molar-refractivity contribution in [3.05, 3.63) is 47.0 Å². The van der Waals surface area contributed by atoms with Gasteiger partial charge < -0.3 is 0 Å². The summed E-state index contributed by atoms with van der Waals surface area (Å²) in [5.41, 5.74) is 4.92. The summed E-state index contributed by atoms with van der Waals surface area (Å²) < 4.78 is 0. The van der Waals surface area contributed by atoms with E-state index in [-0.39, 0.29) is 0 Å². The smallest absolute Gasteiger partial charge is 0.0149 e. The van der Waals surface area contributed by atoms with Crippen molar-refractivity contribution < 1.29 is 0 Å². The molecule has 0 heteroatoms. The fourth-order valence-electron chi connectivity index (χ4n) is 3.33. The lowest BCUT2D eigenvalue weighted by molar-refractivity contribution is 0.750. The van der Waals surface area contributed by atoms with Crippen LogP contribution in [0.1, 0.15) is 69.6 Å². The molecule has 0 unspecified atom stereocenters. The highest BCUT2D eigenvalue weighted by Gasteiger charge is 2.12. The lowest BCUT2D eigenvalue weighted by Crippen LogP contribution is -2.03. The van der Waals surface area contributed by atoms with Crippen LogP contribution < -0.4 is 0 Å². The van der Waals surface area contributed by atoms with E-state index in [2.05, 4.69) is 51.1 Å². The predicted octanol–water partition coefficient (Wildman–Crippen LogP) is 6.48. The van der Waals surface area contributed by atoms with Crippen molar-refractivity contribution in [2.45, 2.75) is 72.1 Å². The monoisotopic (exact) mass is 282 g/mol. The van der Waals surface area contributed by atoms with Crippen molar-refractivity contribution >= 4 is 10.8 Å². The van der Waals surface area contributed by atoms with E-state index < -0.39 is 0 Å². The highest BCUT2D eigenvalue weighted by molar-refractivity contribution is 5.88. The van der Waals surface area contributed by atoms with Gasteiger partial charge in [0, 0.05) is 0 Å². The summed E-state index contributed by atoms with van der Waals surface area (Å²) in [6, 6.07) is 11.4. The average molecular weight is 282 g/mol. The zero-order valence-corrected chi connectivity index (χ0v) is 14.0. The van der Waals surface area contributed by atoms with Crippen LogP contribution >= 0.6 is 0 Å². The quantitative estimate of drug-likeness (QED) is 0.520. The van der Waals surface area contributed by atoms with E-state index in [0.717, 1.165) is 0 Å². The second-order valence-electron chi connectivity index (χ2n) is 6.17. The van der Waals surface area contributed by atoms with E-state index in [1.165, 1.54) is 62.1 Å². The molecule has 0 nitrogen and oxygen atoms in total. The maximum Gasteiger partial charge on any atom is -0.0149 e. The van der Waals surface area contributed by atoms with Crippen molar-refractivity contribution in [3.8, 4) is 0 Å². The number of hydrogen-bond acceptors (Lipinski definition) is 0. The van der Waals surface area contributed by atoms with Gasteiger partial charge in [-0.05, 0) is 59.6 Å². The lowest BCUT2D eigenvalue weighted by Gasteiger charge is -2.18. The fraction of sp³-hybridized carbons (Fsp3) is 0.524. The molecule has 2 aromatic carbocycles. The second-order valence-corrected chi connectivity index (χ2v) is 6.17. The van der Waals surface area contributed by atoms with Gasteiger partial charge in [0.15, 0.2) is 0 Å². The number of benzene rings is 2. The Balaban J connectivity index is 2.56. The third kappa shape index (κ3) is 3.87. The number of hydrogen-bond donors (Lipinski definition) is 0. The fourth-order valence-corrected chi connectivity index (χ4v) is 3.33. The minimum atomic E-state index is 1.23. The van der Waals surface area contributed by atoms with Gasteiger partial charge in [0.2, 0.25) is 0 Å². The molecule has 2 rings (SSSR count). The van der Waals surface area contributed by atoms with E-state index in [0.29, 0.717) is 0 Å². The minimum Gasteiger partial charge on any atom is -0.0654 e. The number of rotatable bonds is 8. The molecule has 0 saturated carbocycles. The summed E-state index contributed by atoms with van der Waals surface area (Å²) in [5.74, 6) is 0. The number of unbranched alkanes of at least 4 members (excludes halogenated alkanes) is 2. The Labute approximate surface area is 130 Å². The van der Waals surface area contributed by atoms with Gasteiger partial charge >= 0.3 is 0 Å². The zero-order chi connectivity index (χ0) is 15.1. The maximum absolute atomic E-state index is 2.46. The molecule has 0 aliphatic rings. The van der Waals surface area contributed by atoms with E-state index >= 15 is 0 Å². The van der Waals surface area contributed by atoms with Crippen LogP contribution in [0.5, 0.6) is 0 Å². The summed E-state index contributed by atoms with van der Waals surface area (Å²) in [4.78, 5) is 0. The molecule has 0 aliphatic carbocycles. The summed E-state index contributed by atoms with van der Waals surface area (Å²) in [6.45, 7) is 6.89. The number of fused-ring (bicyclic) bond motifs is 1. The Hall–Kier alpha value is -1.30. The van der Waals surface area contributed by atoms with Crippen molar-refractivity contribution in [3.63, 3.8) is 0 Å². The van der Waals surface area contributed by atoms with Crippen LogP contribution in [0, 0.1) is 0 Å². The lowest BCUT2D eigenvalue weighted by atomic mass is 9.87. The van der Waals surface area contributed by atoms with Gasteiger partial charge in [-0.1, -0.05) is 70.4 Å². The van der Waals surface area contributed by atoms with Crippen LogP contribution in [0.3, 0.4) is 0 Å². The normalized spacial score (nSPS) is 11.2. The molecule has 0 atom stereocenters. The molecule has 21 heavy (non-hydrogen) atoms. The van der Waals surface area contributed by atoms with Crippen molar-refractivity contribution in [2.24, 2.45) is 0 Å². The first-order chi connectivity index (χ1) is 10.3. The molecule has 0 saturated heterocycles. The van der Waals surface area contributed by atoms with Gasteiger partial charge in [0.05, 0.1) is 0 Å². The van der Waals surface area contributed by atoms with Crippen LogP contribution in [0.15, 0.2) is 30.3 Å².